The van der Waals surface area contributed by atoms with Gasteiger partial charge in [0.1, 0.15) is 0 Å². The molecule has 1 fully saturated rings. The summed E-state index contributed by atoms with van der Waals surface area (Å²) in [5, 5.41) is 24.6. The third-order valence-corrected chi connectivity index (χ3v) is 6.71. The zero-order chi connectivity index (χ0) is 23.5. The van der Waals surface area contributed by atoms with Gasteiger partial charge in [0.25, 0.3) is 0 Å². The van der Waals surface area contributed by atoms with Crippen LogP contribution in [0.4, 0.5) is 0 Å². The molecule has 3 heterocycles. The van der Waals surface area contributed by atoms with Crippen molar-refractivity contribution >= 4 is 0 Å². The van der Waals surface area contributed by atoms with Gasteiger partial charge in [-0.3, -0.25) is 14.1 Å². The standard InChI is InChI=1S/C25H29N7O2/c1-2-3-5-20-16-32(22-6-4-7-23(22)33)25(34)31(20)15-19-14-26-13-12-21(19)17-8-10-18(11-9-17)24-27-29-30-28-24/h8-14,16,22-23,33H,2-7,15H2,1H3,(H,27,28,29,30). The SMILES string of the molecule is CCCCc1cn(C2CCCC2O)c(=O)n1Cc1cnccc1-c1ccc(-c2nn[nH]n2)cc1. The Balaban J connectivity index is 1.49. The van der Waals surface area contributed by atoms with Gasteiger partial charge in [-0.15, -0.1) is 10.2 Å². The fourth-order valence-corrected chi connectivity index (χ4v) is 4.85. The number of aliphatic hydroxyl groups is 1. The zero-order valence-corrected chi connectivity index (χ0v) is 19.3. The van der Waals surface area contributed by atoms with Crippen molar-refractivity contribution in [3.05, 3.63) is 70.7 Å². The van der Waals surface area contributed by atoms with Crippen molar-refractivity contribution in [2.24, 2.45) is 0 Å². The molecule has 34 heavy (non-hydrogen) atoms. The number of pyridine rings is 1. The molecule has 5 rings (SSSR count). The summed E-state index contributed by atoms with van der Waals surface area (Å²) in [5.74, 6) is 0.545. The highest BCUT2D eigenvalue weighted by atomic mass is 16.3. The first kappa shape index (κ1) is 22.2. The number of H-pyrrole nitrogens is 1. The fraction of sp³-hybridized carbons (Fsp3) is 0.400. The van der Waals surface area contributed by atoms with E-state index in [0.29, 0.717) is 12.4 Å². The number of benzene rings is 1. The summed E-state index contributed by atoms with van der Waals surface area (Å²) in [6.45, 7) is 2.58. The third-order valence-electron chi connectivity index (χ3n) is 6.71. The molecule has 1 saturated carbocycles. The molecule has 0 bridgehead atoms. The molecule has 2 unspecified atom stereocenters. The van der Waals surface area contributed by atoms with Gasteiger partial charge in [-0.2, -0.15) is 5.21 Å². The number of nitrogens with one attached hydrogen (secondary N) is 1. The quantitative estimate of drug-likeness (QED) is 0.418. The summed E-state index contributed by atoms with van der Waals surface area (Å²) in [5.41, 5.74) is 4.85. The highest BCUT2D eigenvalue weighted by Gasteiger charge is 2.29. The van der Waals surface area contributed by atoms with Gasteiger partial charge in [0, 0.05) is 29.8 Å². The Bertz CT molecular complexity index is 1290. The van der Waals surface area contributed by atoms with E-state index >= 15 is 0 Å². The lowest BCUT2D eigenvalue weighted by molar-refractivity contribution is 0.134. The lowest BCUT2D eigenvalue weighted by Crippen LogP contribution is -2.31. The van der Waals surface area contributed by atoms with Crippen LogP contribution in [0.5, 0.6) is 0 Å². The minimum Gasteiger partial charge on any atom is -0.391 e. The van der Waals surface area contributed by atoms with Gasteiger partial charge >= 0.3 is 5.69 Å². The van der Waals surface area contributed by atoms with Gasteiger partial charge in [0.05, 0.1) is 18.7 Å². The molecule has 1 aliphatic rings. The van der Waals surface area contributed by atoms with Gasteiger partial charge in [-0.05, 0) is 60.1 Å². The van der Waals surface area contributed by atoms with Crippen LogP contribution in [0.25, 0.3) is 22.5 Å². The summed E-state index contributed by atoms with van der Waals surface area (Å²) >= 11 is 0. The van der Waals surface area contributed by atoms with E-state index in [9.17, 15) is 9.90 Å². The second-order valence-corrected chi connectivity index (χ2v) is 8.91. The average Bonchev–Trinajstić information content (AvgIpc) is 3.61. The Morgan fingerprint density at radius 1 is 1.15 bits per heavy atom. The highest BCUT2D eigenvalue weighted by molar-refractivity contribution is 5.69. The molecule has 0 aliphatic heterocycles. The normalized spacial score (nSPS) is 17.9. The highest BCUT2D eigenvalue weighted by Crippen LogP contribution is 2.30. The Labute approximate surface area is 197 Å². The maximum Gasteiger partial charge on any atom is 0.329 e. The number of rotatable bonds is 8. The van der Waals surface area contributed by atoms with Crippen LogP contribution in [0, 0.1) is 0 Å². The van der Waals surface area contributed by atoms with E-state index in [1.807, 2.05) is 47.3 Å². The zero-order valence-electron chi connectivity index (χ0n) is 19.3. The number of unbranched alkanes of at least 4 members (excludes halogenated alkanes) is 1. The van der Waals surface area contributed by atoms with Crippen LogP contribution in [-0.2, 0) is 13.0 Å². The second-order valence-electron chi connectivity index (χ2n) is 8.91. The predicted molar refractivity (Wildman–Crippen MR) is 128 cm³/mol. The Kier molecular flexibility index (Phi) is 6.35. The molecule has 9 heteroatoms. The van der Waals surface area contributed by atoms with Crippen LogP contribution in [0.1, 0.15) is 56.3 Å². The maximum absolute atomic E-state index is 13.5. The number of hydrogen-bond donors (Lipinski definition) is 2. The fourth-order valence-electron chi connectivity index (χ4n) is 4.85. The number of aromatic amines is 1. The molecule has 176 valence electrons. The van der Waals surface area contributed by atoms with Crippen LogP contribution < -0.4 is 5.69 Å². The van der Waals surface area contributed by atoms with Gasteiger partial charge in [-0.25, -0.2) is 4.79 Å². The largest absolute Gasteiger partial charge is 0.391 e. The molecule has 0 radical (unpaired) electrons. The number of imidazole rings is 1. The van der Waals surface area contributed by atoms with E-state index in [4.69, 9.17) is 0 Å². The number of aryl methyl sites for hydroxylation is 1. The van der Waals surface area contributed by atoms with Crippen molar-refractivity contribution in [1.82, 2.24) is 34.7 Å². The molecule has 0 saturated heterocycles. The molecule has 2 atom stereocenters. The summed E-state index contributed by atoms with van der Waals surface area (Å²) in [6, 6.07) is 9.80. The van der Waals surface area contributed by atoms with Crippen molar-refractivity contribution in [1.29, 1.82) is 0 Å². The summed E-state index contributed by atoms with van der Waals surface area (Å²) in [4.78, 5) is 17.8. The molecule has 3 aromatic heterocycles. The van der Waals surface area contributed by atoms with Crippen LogP contribution in [0.2, 0.25) is 0 Å². The monoisotopic (exact) mass is 459 g/mol. The van der Waals surface area contributed by atoms with E-state index in [0.717, 1.165) is 66.5 Å². The first-order valence-corrected chi connectivity index (χ1v) is 11.9. The second kappa shape index (κ2) is 9.72. The molecular weight excluding hydrogens is 430 g/mol. The van der Waals surface area contributed by atoms with Crippen molar-refractivity contribution in [3.8, 4) is 22.5 Å². The molecule has 0 spiro atoms. The lowest BCUT2D eigenvalue weighted by atomic mass is 10.00. The molecule has 9 nitrogen and oxygen atoms in total. The number of hydrogen-bond acceptors (Lipinski definition) is 6. The van der Waals surface area contributed by atoms with Gasteiger partial charge in [0.15, 0.2) is 0 Å². The van der Waals surface area contributed by atoms with E-state index in [2.05, 4.69) is 32.5 Å². The summed E-state index contributed by atoms with van der Waals surface area (Å²) < 4.78 is 3.62. The minimum atomic E-state index is -0.459. The van der Waals surface area contributed by atoms with Crippen LogP contribution >= 0.6 is 0 Å². The number of nitrogens with zero attached hydrogens (tertiary/aromatic N) is 6. The smallest absolute Gasteiger partial charge is 0.329 e. The Morgan fingerprint density at radius 3 is 2.68 bits per heavy atom. The molecule has 0 amide bonds. The summed E-state index contributed by atoms with van der Waals surface area (Å²) in [6.07, 6.45) is 10.5. The maximum atomic E-state index is 13.5. The van der Waals surface area contributed by atoms with Gasteiger partial charge in [0.2, 0.25) is 5.82 Å². The van der Waals surface area contributed by atoms with Gasteiger partial charge in [-0.1, -0.05) is 37.6 Å². The first-order valence-electron chi connectivity index (χ1n) is 11.9. The molecule has 2 N–H and O–H groups in total. The lowest BCUT2D eigenvalue weighted by Gasteiger charge is -2.15. The molecule has 1 aromatic carbocycles. The van der Waals surface area contributed by atoms with Gasteiger partial charge < -0.3 is 5.11 Å². The third kappa shape index (κ3) is 4.31. The van der Waals surface area contributed by atoms with Crippen molar-refractivity contribution in [3.63, 3.8) is 0 Å². The number of aliphatic hydroxyl groups excluding tert-OH is 1. The first-order chi connectivity index (χ1) is 16.7. The summed E-state index contributed by atoms with van der Waals surface area (Å²) in [7, 11) is 0. The van der Waals surface area contributed by atoms with E-state index < -0.39 is 6.10 Å². The van der Waals surface area contributed by atoms with Crippen molar-refractivity contribution < 1.29 is 5.11 Å². The van der Waals surface area contributed by atoms with Crippen LogP contribution in [-0.4, -0.2) is 46.0 Å². The van der Waals surface area contributed by atoms with Crippen molar-refractivity contribution in [2.75, 3.05) is 0 Å². The average molecular weight is 460 g/mol. The molecule has 1 aliphatic carbocycles. The van der Waals surface area contributed by atoms with Crippen LogP contribution in [0.3, 0.4) is 0 Å². The predicted octanol–water partition coefficient (Wildman–Crippen LogP) is 3.37. The van der Waals surface area contributed by atoms with E-state index in [1.165, 1.54) is 0 Å². The number of tetrazole rings is 1. The van der Waals surface area contributed by atoms with Crippen LogP contribution in [0.15, 0.2) is 53.7 Å². The van der Waals surface area contributed by atoms with Crippen molar-refractivity contribution in [2.45, 2.75) is 64.1 Å². The number of aromatic nitrogens is 7. The Morgan fingerprint density at radius 2 is 1.97 bits per heavy atom. The minimum absolute atomic E-state index is 0.0562. The molecular formula is C25H29N7O2. The molecule has 4 aromatic rings. The topological polar surface area (TPSA) is 115 Å². The van der Waals surface area contributed by atoms with E-state index in [1.54, 1.807) is 10.8 Å². The van der Waals surface area contributed by atoms with E-state index in [-0.39, 0.29) is 11.7 Å². The Hall–Kier alpha value is -3.59.